The van der Waals surface area contributed by atoms with Crippen molar-refractivity contribution in [3.8, 4) is 0 Å². The molecule has 17 heavy (non-hydrogen) atoms. The summed E-state index contributed by atoms with van der Waals surface area (Å²) in [4.78, 5) is 4.42. The number of benzene rings is 1. The summed E-state index contributed by atoms with van der Waals surface area (Å²) in [5.74, 6) is 0.436. The van der Waals surface area contributed by atoms with Crippen molar-refractivity contribution in [1.82, 2.24) is 0 Å². The van der Waals surface area contributed by atoms with Gasteiger partial charge in [-0.15, -0.1) is 0 Å². The van der Waals surface area contributed by atoms with Crippen molar-refractivity contribution < 1.29 is 4.39 Å². The van der Waals surface area contributed by atoms with Crippen LogP contribution in [0.25, 0.3) is 0 Å². The van der Waals surface area contributed by atoms with Gasteiger partial charge in [0, 0.05) is 13.0 Å². The highest BCUT2D eigenvalue weighted by atomic mass is 35.5. The first-order valence-electron chi connectivity index (χ1n) is 5.62. The van der Waals surface area contributed by atoms with Gasteiger partial charge in [0.2, 0.25) is 0 Å². The fraction of sp³-hybridized carbons (Fsp3) is 0.417. The maximum absolute atomic E-state index is 13.0. The summed E-state index contributed by atoms with van der Waals surface area (Å²) in [6, 6.07) is 2.49. The van der Waals surface area contributed by atoms with E-state index >= 15 is 0 Å². The molecule has 1 N–H and O–H groups in total. The highest BCUT2D eigenvalue weighted by molar-refractivity contribution is 6.39. The third-order valence-electron chi connectivity index (χ3n) is 2.65. The van der Waals surface area contributed by atoms with Crippen molar-refractivity contribution in [3.63, 3.8) is 0 Å². The number of nitrogens with zero attached hydrogens (tertiary/aromatic N) is 1. The minimum atomic E-state index is -0.437. The van der Waals surface area contributed by atoms with E-state index in [0.29, 0.717) is 5.69 Å². The quantitative estimate of drug-likeness (QED) is 0.800. The molecule has 1 heterocycles. The Kier molecular flexibility index (Phi) is 4.24. The SMILES string of the molecule is Fc1cc(Cl)c(NC2=NCCCCC2)c(Cl)c1. The van der Waals surface area contributed by atoms with E-state index in [-0.39, 0.29) is 10.0 Å². The van der Waals surface area contributed by atoms with Crippen molar-refractivity contribution in [1.29, 1.82) is 0 Å². The van der Waals surface area contributed by atoms with Gasteiger partial charge in [-0.05, 0) is 25.0 Å². The molecule has 0 aromatic heterocycles. The Labute approximate surface area is 110 Å². The maximum atomic E-state index is 13.0. The monoisotopic (exact) mass is 274 g/mol. The van der Waals surface area contributed by atoms with Crippen LogP contribution in [0.4, 0.5) is 10.1 Å². The van der Waals surface area contributed by atoms with Crippen LogP contribution in [-0.2, 0) is 0 Å². The van der Waals surface area contributed by atoms with Gasteiger partial charge in [-0.1, -0.05) is 29.6 Å². The highest BCUT2D eigenvalue weighted by Crippen LogP contribution is 2.31. The largest absolute Gasteiger partial charge is 0.342 e. The lowest BCUT2D eigenvalue weighted by Gasteiger charge is -2.11. The number of rotatable bonds is 1. The van der Waals surface area contributed by atoms with E-state index < -0.39 is 5.82 Å². The van der Waals surface area contributed by atoms with Crippen LogP contribution >= 0.6 is 23.2 Å². The zero-order valence-corrected chi connectivity index (χ0v) is 10.8. The minimum Gasteiger partial charge on any atom is -0.342 e. The molecule has 2 nitrogen and oxygen atoms in total. The van der Waals surface area contributed by atoms with Crippen LogP contribution < -0.4 is 5.32 Å². The summed E-state index contributed by atoms with van der Waals surface area (Å²) in [6.45, 7) is 0.818. The molecule has 5 heteroatoms. The van der Waals surface area contributed by atoms with Gasteiger partial charge in [0.15, 0.2) is 0 Å². The number of aliphatic imine (C=N–C) groups is 1. The molecule has 0 amide bonds. The molecule has 0 atom stereocenters. The summed E-state index contributed by atoms with van der Waals surface area (Å²) < 4.78 is 13.0. The van der Waals surface area contributed by atoms with Crippen LogP contribution in [0.5, 0.6) is 0 Å². The second-order valence-electron chi connectivity index (χ2n) is 4.01. The molecule has 1 aromatic rings. The number of amidine groups is 1. The molecule has 1 aromatic carbocycles. The summed E-state index contributed by atoms with van der Waals surface area (Å²) in [5.41, 5.74) is 0.537. The van der Waals surface area contributed by atoms with Crippen molar-refractivity contribution in [2.24, 2.45) is 4.99 Å². The number of hydrogen-bond acceptors (Lipinski definition) is 2. The van der Waals surface area contributed by atoms with E-state index in [1.54, 1.807) is 0 Å². The molecular formula is C12H13Cl2FN2. The smallest absolute Gasteiger partial charge is 0.126 e. The molecule has 0 unspecified atom stereocenters. The Bertz CT molecular complexity index is 423. The molecule has 0 radical (unpaired) electrons. The van der Waals surface area contributed by atoms with Gasteiger partial charge < -0.3 is 5.32 Å². The Balaban J connectivity index is 2.20. The van der Waals surface area contributed by atoms with E-state index in [0.717, 1.165) is 31.6 Å². The van der Waals surface area contributed by atoms with Crippen LogP contribution in [0.15, 0.2) is 17.1 Å². The molecule has 1 aliphatic heterocycles. The van der Waals surface area contributed by atoms with Crippen LogP contribution in [0, 0.1) is 5.82 Å². The van der Waals surface area contributed by atoms with Crippen molar-refractivity contribution >= 4 is 34.7 Å². The third-order valence-corrected chi connectivity index (χ3v) is 3.25. The van der Waals surface area contributed by atoms with E-state index in [9.17, 15) is 4.39 Å². The van der Waals surface area contributed by atoms with Gasteiger partial charge in [-0.3, -0.25) is 4.99 Å². The summed E-state index contributed by atoms with van der Waals surface area (Å²) in [5, 5.41) is 3.66. The summed E-state index contributed by atoms with van der Waals surface area (Å²) in [6.07, 6.45) is 4.27. The highest BCUT2D eigenvalue weighted by Gasteiger charge is 2.11. The normalized spacial score (nSPS) is 16.3. The van der Waals surface area contributed by atoms with E-state index in [1.165, 1.54) is 18.6 Å². The van der Waals surface area contributed by atoms with Crippen molar-refractivity contribution in [2.75, 3.05) is 11.9 Å². The van der Waals surface area contributed by atoms with Gasteiger partial charge in [-0.25, -0.2) is 4.39 Å². The predicted molar refractivity (Wildman–Crippen MR) is 70.8 cm³/mol. The van der Waals surface area contributed by atoms with Gasteiger partial charge >= 0.3 is 0 Å². The molecule has 0 saturated carbocycles. The Morgan fingerprint density at radius 3 is 2.53 bits per heavy atom. The van der Waals surface area contributed by atoms with Crippen LogP contribution in [0.3, 0.4) is 0 Å². The summed E-state index contributed by atoms with van der Waals surface area (Å²) >= 11 is 11.9. The number of halogens is 3. The number of nitrogens with one attached hydrogen (secondary N) is 1. The van der Waals surface area contributed by atoms with Gasteiger partial charge in [-0.2, -0.15) is 0 Å². The second-order valence-corrected chi connectivity index (χ2v) is 4.82. The average Bonchev–Trinajstić information content (AvgIpc) is 2.51. The Hall–Kier alpha value is -0.800. The first-order valence-corrected chi connectivity index (χ1v) is 6.37. The van der Waals surface area contributed by atoms with Crippen LogP contribution in [-0.4, -0.2) is 12.4 Å². The summed E-state index contributed by atoms with van der Waals surface area (Å²) in [7, 11) is 0. The maximum Gasteiger partial charge on any atom is 0.126 e. The standard InChI is InChI=1S/C12H13Cl2FN2/c13-9-6-8(15)7-10(14)12(9)17-11-4-2-1-3-5-16-11/h6-7H,1-5H2,(H,16,17). The lowest BCUT2D eigenvalue weighted by Crippen LogP contribution is -2.12. The first-order chi connectivity index (χ1) is 8.16. The Morgan fingerprint density at radius 1 is 1.12 bits per heavy atom. The van der Waals surface area contributed by atoms with Crippen LogP contribution in [0.2, 0.25) is 10.0 Å². The number of anilines is 1. The predicted octanol–water partition coefficient (Wildman–Crippen LogP) is 4.52. The van der Waals surface area contributed by atoms with Gasteiger partial charge in [0.1, 0.15) is 11.7 Å². The molecule has 0 spiro atoms. The molecule has 0 aliphatic carbocycles. The molecular weight excluding hydrogens is 262 g/mol. The van der Waals surface area contributed by atoms with Crippen molar-refractivity contribution in [2.45, 2.75) is 25.7 Å². The lowest BCUT2D eigenvalue weighted by atomic mass is 10.2. The van der Waals surface area contributed by atoms with E-state index in [4.69, 9.17) is 23.2 Å². The first kappa shape index (κ1) is 12.7. The zero-order chi connectivity index (χ0) is 12.3. The fourth-order valence-corrected chi connectivity index (χ4v) is 2.34. The van der Waals surface area contributed by atoms with E-state index in [2.05, 4.69) is 10.3 Å². The number of hydrogen-bond donors (Lipinski definition) is 1. The molecule has 2 rings (SSSR count). The fourth-order valence-electron chi connectivity index (χ4n) is 1.78. The minimum absolute atomic E-state index is 0.280. The average molecular weight is 275 g/mol. The molecule has 1 aliphatic rings. The van der Waals surface area contributed by atoms with E-state index in [1.807, 2.05) is 0 Å². The molecule has 92 valence electrons. The molecule has 0 saturated heterocycles. The van der Waals surface area contributed by atoms with Crippen LogP contribution in [0.1, 0.15) is 25.7 Å². The zero-order valence-electron chi connectivity index (χ0n) is 9.27. The third kappa shape index (κ3) is 3.33. The Morgan fingerprint density at radius 2 is 1.82 bits per heavy atom. The second kappa shape index (κ2) is 5.69. The lowest BCUT2D eigenvalue weighted by molar-refractivity contribution is 0.628. The molecule has 0 fully saturated rings. The van der Waals surface area contributed by atoms with Gasteiger partial charge in [0.25, 0.3) is 0 Å². The van der Waals surface area contributed by atoms with Gasteiger partial charge in [0.05, 0.1) is 15.7 Å². The molecule has 0 bridgehead atoms. The van der Waals surface area contributed by atoms with Crippen molar-refractivity contribution in [3.05, 3.63) is 28.0 Å². The topological polar surface area (TPSA) is 24.4 Å².